The van der Waals surface area contributed by atoms with E-state index in [2.05, 4.69) is 0 Å². The van der Waals surface area contributed by atoms with Gasteiger partial charge in [-0.1, -0.05) is 12.1 Å². The Morgan fingerprint density at radius 3 is 2.41 bits per heavy atom. The van der Waals surface area contributed by atoms with Gasteiger partial charge in [-0.05, 0) is 24.6 Å². The van der Waals surface area contributed by atoms with Crippen LogP contribution in [0.2, 0.25) is 0 Å². The summed E-state index contributed by atoms with van der Waals surface area (Å²) < 4.78 is 32.6. The van der Waals surface area contributed by atoms with Gasteiger partial charge in [-0.15, -0.1) is 11.8 Å². The third kappa shape index (κ3) is 3.91. The second-order valence-electron chi connectivity index (χ2n) is 6.23. The first kappa shape index (κ1) is 21.0. The van der Waals surface area contributed by atoms with Gasteiger partial charge < -0.3 is 4.74 Å². The monoisotopic (exact) mass is 439 g/mol. The Morgan fingerprint density at radius 2 is 1.79 bits per heavy atom. The average Bonchev–Trinajstić information content (AvgIpc) is 3.18. The van der Waals surface area contributed by atoms with Crippen LogP contribution in [0.5, 0.6) is 5.75 Å². The topological polar surface area (TPSA) is 133 Å². The van der Waals surface area contributed by atoms with E-state index in [0.717, 1.165) is 6.07 Å². The molecule has 0 aliphatic carbocycles. The summed E-state index contributed by atoms with van der Waals surface area (Å²) >= 11 is 1.32. The van der Waals surface area contributed by atoms with Gasteiger partial charge in [0.2, 0.25) is 10.0 Å². The normalized spacial score (nSPS) is 17.2. The number of methoxy groups -OCH3 is 1. The molecular weight excluding hydrogens is 422 g/mol. The number of nitrogens with zero attached hydrogens (tertiary/aromatic N) is 3. The Balaban J connectivity index is 2.03. The minimum absolute atomic E-state index is 0.0744. The van der Waals surface area contributed by atoms with Gasteiger partial charge >= 0.3 is 5.69 Å². The highest BCUT2D eigenvalue weighted by atomic mass is 32.2. The van der Waals surface area contributed by atoms with Crippen LogP contribution >= 0.6 is 11.8 Å². The Morgan fingerprint density at radius 1 is 1.10 bits per heavy atom. The van der Waals surface area contributed by atoms with E-state index < -0.39 is 25.2 Å². The van der Waals surface area contributed by atoms with E-state index in [9.17, 15) is 28.6 Å². The first-order chi connectivity index (χ1) is 13.7. The molecule has 2 aromatic carbocycles. The van der Waals surface area contributed by atoms with Crippen molar-refractivity contribution in [1.82, 2.24) is 4.31 Å². The lowest BCUT2D eigenvalue weighted by Crippen LogP contribution is -2.30. The number of sulfonamides is 1. The number of hydrogen-bond donors (Lipinski definition) is 0. The highest BCUT2D eigenvalue weighted by Gasteiger charge is 2.38. The minimum Gasteiger partial charge on any atom is -0.490 e. The first-order valence-corrected chi connectivity index (χ1v) is 10.9. The van der Waals surface area contributed by atoms with E-state index >= 15 is 0 Å². The lowest BCUT2D eigenvalue weighted by Gasteiger charge is -2.23. The number of thioether (sulfide) groups is 1. The molecule has 0 amide bonds. The van der Waals surface area contributed by atoms with Crippen LogP contribution in [0.15, 0.2) is 41.3 Å². The van der Waals surface area contributed by atoms with Crippen molar-refractivity contribution in [3.8, 4) is 5.75 Å². The minimum atomic E-state index is -4.05. The molecular formula is C17H17N3O7S2. The molecule has 1 atom stereocenters. The van der Waals surface area contributed by atoms with Gasteiger partial charge in [-0.3, -0.25) is 20.2 Å². The van der Waals surface area contributed by atoms with Crippen molar-refractivity contribution in [2.75, 3.05) is 19.4 Å². The van der Waals surface area contributed by atoms with Crippen molar-refractivity contribution >= 4 is 33.2 Å². The fourth-order valence-electron chi connectivity index (χ4n) is 3.05. The number of benzene rings is 2. The molecule has 154 valence electrons. The summed E-state index contributed by atoms with van der Waals surface area (Å²) in [6, 6.07) is 8.06. The molecule has 29 heavy (non-hydrogen) atoms. The lowest BCUT2D eigenvalue weighted by molar-refractivity contribution is -0.385. The van der Waals surface area contributed by atoms with Crippen LogP contribution in [0.3, 0.4) is 0 Å². The predicted octanol–water partition coefficient (Wildman–Crippen LogP) is 3.26. The SMILES string of the molecule is COc1ccc(C2SCCN2S(=O)(=O)c2ccc(C)c([N+](=O)[O-])c2)cc1[N+](=O)[O-]. The smallest absolute Gasteiger partial charge is 0.311 e. The Labute approximate surface area is 170 Å². The van der Waals surface area contributed by atoms with Gasteiger partial charge in [-0.25, -0.2) is 8.42 Å². The van der Waals surface area contributed by atoms with Crippen molar-refractivity contribution in [2.45, 2.75) is 17.2 Å². The van der Waals surface area contributed by atoms with Gasteiger partial charge in [0.15, 0.2) is 5.75 Å². The summed E-state index contributed by atoms with van der Waals surface area (Å²) in [6.45, 7) is 1.71. The van der Waals surface area contributed by atoms with Crippen LogP contribution in [0.25, 0.3) is 0 Å². The van der Waals surface area contributed by atoms with Crippen LogP contribution < -0.4 is 4.74 Å². The predicted molar refractivity (Wildman–Crippen MR) is 107 cm³/mol. The Hall–Kier alpha value is -2.70. The standard InChI is InChI=1S/C17H17N3O7S2/c1-11-3-5-13(10-14(11)19(21)22)29(25,26)18-7-8-28-17(18)12-4-6-16(27-2)15(9-12)20(23)24/h3-6,9-10,17H,7-8H2,1-2H3. The molecule has 1 aliphatic rings. The maximum absolute atomic E-state index is 13.2. The highest BCUT2D eigenvalue weighted by molar-refractivity contribution is 8.01. The van der Waals surface area contributed by atoms with Crippen molar-refractivity contribution < 1.29 is 23.0 Å². The van der Waals surface area contributed by atoms with Crippen molar-refractivity contribution in [2.24, 2.45) is 0 Å². The molecule has 0 spiro atoms. The van der Waals surface area contributed by atoms with Gasteiger partial charge in [0.05, 0.1) is 27.2 Å². The van der Waals surface area contributed by atoms with Crippen LogP contribution in [0.4, 0.5) is 11.4 Å². The largest absolute Gasteiger partial charge is 0.490 e. The molecule has 3 rings (SSSR count). The van der Waals surface area contributed by atoms with Gasteiger partial charge in [0.25, 0.3) is 5.69 Å². The molecule has 12 heteroatoms. The number of nitro benzene ring substituents is 2. The molecule has 1 unspecified atom stereocenters. The van der Waals surface area contributed by atoms with E-state index in [1.807, 2.05) is 0 Å². The zero-order valence-corrected chi connectivity index (χ0v) is 17.1. The Bertz CT molecular complexity index is 1090. The quantitative estimate of drug-likeness (QED) is 0.495. The average molecular weight is 439 g/mol. The number of hydrogen-bond acceptors (Lipinski definition) is 8. The molecule has 1 aliphatic heterocycles. The molecule has 0 saturated carbocycles. The summed E-state index contributed by atoms with van der Waals surface area (Å²) in [6.07, 6.45) is 0. The number of rotatable bonds is 6. The first-order valence-electron chi connectivity index (χ1n) is 8.37. The summed E-state index contributed by atoms with van der Waals surface area (Å²) in [7, 11) is -2.74. The maximum atomic E-state index is 13.2. The van der Waals surface area contributed by atoms with Crippen LogP contribution in [-0.2, 0) is 10.0 Å². The van der Waals surface area contributed by atoms with Gasteiger partial charge in [-0.2, -0.15) is 4.31 Å². The van der Waals surface area contributed by atoms with Crippen molar-refractivity contribution in [1.29, 1.82) is 0 Å². The summed E-state index contributed by atoms with van der Waals surface area (Å²) in [5, 5.41) is 21.8. The summed E-state index contributed by atoms with van der Waals surface area (Å²) in [4.78, 5) is 21.1. The van der Waals surface area contributed by atoms with Crippen LogP contribution in [0.1, 0.15) is 16.5 Å². The van der Waals surface area contributed by atoms with Gasteiger partial charge in [0.1, 0.15) is 0 Å². The second-order valence-corrected chi connectivity index (χ2v) is 9.31. The highest BCUT2D eigenvalue weighted by Crippen LogP contribution is 2.43. The van der Waals surface area contributed by atoms with E-state index in [4.69, 9.17) is 4.74 Å². The number of nitro groups is 2. The molecule has 0 radical (unpaired) electrons. The lowest BCUT2D eigenvalue weighted by atomic mass is 10.2. The zero-order valence-electron chi connectivity index (χ0n) is 15.5. The van der Waals surface area contributed by atoms with E-state index in [1.54, 1.807) is 6.07 Å². The van der Waals surface area contributed by atoms with E-state index in [1.165, 1.54) is 54.4 Å². The molecule has 1 heterocycles. The Kier molecular flexibility index (Phi) is 5.78. The third-order valence-corrected chi connectivity index (χ3v) is 7.77. The molecule has 0 N–H and O–H groups in total. The number of aryl methyl sites for hydroxylation is 1. The zero-order chi connectivity index (χ0) is 21.3. The van der Waals surface area contributed by atoms with E-state index in [0.29, 0.717) is 16.9 Å². The fraction of sp³-hybridized carbons (Fsp3) is 0.294. The van der Waals surface area contributed by atoms with E-state index in [-0.39, 0.29) is 28.6 Å². The molecule has 2 aromatic rings. The van der Waals surface area contributed by atoms with Crippen LogP contribution in [-0.4, -0.2) is 42.0 Å². The molecule has 0 bridgehead atoms. The number of ether oxygens (including phenoxy) is 1. The van der Waals surface area contributed by atoms with Crippen molar-refractivity contribution in [3.63, 3.8) is 0 Å². The molecule has 10 nitrogen and oxygen atoms in total. The maximum Gasteiger partial charge on any atom is 0.311 e. The van der Waals surface area contributed by atoms with Crippen LogP contribution in [0, 0.1) is 27.2 Å². The third-order valence-electron chi connectivity index (χ3n) is 4.52. The molecule has 0 aromatic heterocycles. The van der Waals surface area contributed by atoms with Gasteiger partial charge in [0, 0.05) is 30.0 Å². The molecule has 1 fully saturated rings. The molecule has 1 saturated heterocycles. The second kappa shape index (κ2) is 7.97. The summed E-state index contributed by atoms with van der Waals surface area (Å²) in [5.74, 6) is 0.558. The summed E-state index contributed by atoms with van der Waals surface area (Å²) in [5.41, 5.74) is 0.243. The fourth-order valence-corrected chi connectivity index (χ4v) is 6.30. The van der Waals surface area contributed by atoms with Crippen molar-refractivity contribution in [3.05, 3.63) is 67.8 Å².